The SMILES string of the molecule is CCN(C(=O)Cn1nc(-c2cccc(OC(F)(F)F)c2)c2occc2c1=O)c1ccc2c(c1)OC(F)(F)O2. The predicted molar refractivity (Wildman–Crippen MR) is 121 cm³/mol. The Hall–Kier alpha value is -4.62. The summed E-state index contributed by atoms with van der Waals surface area (Å²) >= 11 is 0. The maximum atomic E-state index is 13.4. The third-order valence-electron chi connectivity index (χ3n) is 5.51. The first kappa shape index (κ1) is 25.0. The highest BCUT2D eigenvalue weighted by Crippen LogP contribution is 2.43. The fourth-order valence-corrected chi connectivity index (χ4v) is 3.97. The lowest BCUT2D eigenvalue weighted by molar-refractivity contribution is -0.286. The van der Waals surface area contributed by atoms with Gasteiger partial charge in [-0.25, -0.2) is 4.68 Å². The molecule has 14 heteroatoms. The fraction of sp³-hybridized carbons (Fsp3) is 0.208. The molecule has 0 spiro atoms. The highest BCUT2D eigenvalue weighted by Gasteiger charge is 2.43. The molecule has 0 fully saturated rings. The van der Waals surface area contributed by atoms with E-state index in [2.05, 4.69) is 19.3 Å². The molecule has 1 aliphatic rings. The number of ether oxygens (including phenoxy) is 3. The van der Waals surface area contributed by atoms with Gasteiger partial charge in [-0.15, -0.1) is 22.0 Å². The van der Waals surface area contributed by atoms with Crippen LogP contribution in [0.5, 0.6) is 17.2 Å². The van der Waals surface area contributed by atoms with Crippen molar-refractivity contribution in [2.24, 2.45) is 0 Å². The minimum absolute atomic E-state index is 0.00150. The zero-order chi connectivity index (χ0) is 27.2. The zero-order valence-corrected chi connectivity index (χ0v) is 19.3. The molecule has 0 saturated heterocycles. The van der Waals surface area contributed by atoms with E-state index < -0.39 is 36.4 Å². The molecule has 3 heterocycles. The van der Waals surface area contributed by atoms with Crippen LogP contribution in [0.4, 0.5) is 27.6 Å². The Morgan fingerprint density at radius 1 is 1.11 bits per heavy atom. The van der Waals surface area contributed by atoms with Gasteiger partial charge in [0.05, 0.1) is 11.6 Å². The molecule has 2 aromatic carbocycles. The standard InChI is InChI=1S/C24H16F5N3O6/c1-2-31(14-6-7-17-18(11-14)38-24(28,29)37-17)19(33)12-32-22(34)16-8-9-35-21(16)20(30-32)13-4-3-5-15(10-13)36-23(25,26)27/h3-11H,2,12H2,1H3. The van der Waals surface area contributed by atoms with Gasteiger partial charge >= 0.3 is 12.7 Å². The van der Waals surface area contributed by atoms with Crippen LogP contribution < -0.4 is 24.7 Å². The second-order valence-corrected chi connectivity index (χ2v) is 7.99. The maximum absolute atomic E-state index is 13.4. The number of hydrogen-bond donors (Lipinski definition) is 0. The number of rotatable bonds is 6. The Morgan fingerprint density at radius 3 is 2.61 bits per heavy atom. The summed E-state index contributed by atoms with van der Waals surface area (Å²) in [6, 6.07) is 10.0. The largest absolute Gasteiger partial charge is 0.586 e. The van der Waals surface area contributed by atoms with E-state index in [-0.39, 0.29) is 46.0 Å². The third kappa shape index (κ3) is 4.84. The van der Waals surface area contributed by atoms with Crippen LogP contribution in [0, 0.1) is 0 Å². The quantitative estimate of drug-likeness (QED) is 0.322. The van der Waals surface area contributed by atoms with Gasteiger partial charge in [-0.3, -0.25) is 9.59 Å². The van der Waals surface area contributed by atoms with Crippen LogP contribution >= 0.6 is 0 Å². The van der Waals surface area contributed by atoms with Crippen LogP contribution in [0.1, 0.15) is 6.92 Å². The second kappa shape index (κ2) is 9.04. The number of amides is 1. The van der Waals surface area contributed by atoms with Crippen LogP contribution in [-0.2, 0) is 11.3 Å². The molecule has 0 unspecified atom stereocenters. The Morgan fingerprint density at radius 2 is 1.87 bits per heavy atom. The summed E-state index contributed by atoms with van der Waals surface area (Å²) < 4.78 is 83.8. The number of alkyl halides is 5. The van der Waals surface area contributed by atoms with Crippen molar-refractivity contribution < 1.29 is 45.4 Å². The first-order chi connectivity index (χ1) is 17.9. The molecule has 5 rings (SSSR count). The summed E-state index contributed by atoms with van der Waals surface area (Å²) in [6.45, 7) is 1.15. The third-order valence-corrected chi connectivity index (χ3v) is 5.51. The summed E-state index contributed by atoms with van der Waals surface area (Å²) in [6.07, 6.45) is -7.55. The molecule has 0 aliphatic carbocycles. The first-order valence-electron chi connectivity index (χ1n) is 11.0. The Labute approximate surface area is 209 Å². The van der Waals surface area contributed by atoms with Gasteiger partial charge in [-0.05, 0) is 37.3 Å². The van der Waals surface area contributed by atoms with Gasteiger partial charge in [0.1, 0.15) is 18.0 Å². The molecule has 4 aromatic rings. The number of likely N-dealkylation sites (N-methyl/N-ethyl adjacent to an activating group) is 1. The zero-order valence-electron chi connectivity index (χ0n) is 19.3. The van der Waals surface area contributed by atoms with Crippen molar-refractivity contribution in [3.8, 4) is 28.5 Å². The molecule has 0 radical (unpaired) electrons. The Kier molecular flexibility index (Phi) is 5.96. The van der Waals surface area contributed by atoms with Crippen molar-refractivity contribution in [3.63, 3.8) is 0 Å². The van der Waals surface area contributed by atoms with Crippen molar-refractivity contribution in [2.45, 2.75) is 26.1 Å². The van der Waals surface area contributed by atoms with E-state index in [4.69, 9.17) is 4.42 Å². The summed E-state index contributed by atoms with van der Waals surface area (Å²) in [7, 11) is 0. The predicted octanol–water partition coefficient (Wildman–Crippen LogP) is 4.93. The average Bonchev–Trinajstić information content (AvgIpc) is 3.43. The molecule has 0 bridgehead atoms. The molecule has 38 heavy (non-hydrogen) atoms. The van der Waals surface area contributed by atoms with Crippen molar-refractivity contribution in [1.29, 1.82) is 0 Å². The summed E-state index contributed by atoms with van der Waals surface area (Å²) in [5.41, 5.74) is -0.343. The topological polar surface area (TPSA) is 96.0 Å². The minimum Gasteiger partial charge on any atom is -0.462 e. The van der Waals surface area contributed by atoms with E-state index in [0.717, 1.165) is 16.8 Å². The molecule has 2 aromatic heterocycles. The average molecular weight is 537 g/mol. The number of hydrogen-bond acceptors (Lipinski definition) is 7. The van der Waals surface area contributed by atoms with E-state index >= 15 is 0 Å². The van der Waals surface area contributed by atoms with Crippen molar-refractivity contribution in [3.05, 3.63) is 65.1 Å². The summed E-state index contributed by atoms with van der Waals surface area (Å²) in [5, 5.41) is 4.23. The number of fused-ring (bicyclic) bond motifs is 2. The second-order valence-electron chi connectivity index (χ2n) is 7.99. The molecule has 0 saturated carbocycles. The summed E-state index contributed by atoms with van der Waals surface area (Å²) in [5.74, 6) is -1.62. The fourth-order valence-electron chi connectivity index (χ4n) is 3.97. The van der Waals surface area contributed by atoms with E-state index in [1.54, 1.807) is 6.92 Å². The van der Waals surface area contributed by atoms with Crippen LogP contribution in [-0.4, -0.2) is 34.9 Å². The number of carbonyl (C=O) groups is 1. The number of nitrogens with zero attached hydrogens (tertiary/aromatic N) is 3. The lowest BCUT2D eigenvalue weighted by atomic mass is 10.1. The van der Waals surface area contributed by atoms with Crippen LogP contribution in [0.2, 0.25) is 0 Å². The Bertz CT molecular complexity index is 1600. The van der Waals surface area contributed by atoms with Gasteiger partial charge < -0.3 is 23.5 Å². The number of carbonyl (C=O) groups excluding carboxylic acids is 1. The van der Waals surface area contributed by atoms with Crippen molar-refractivity contribution in [1.82, 2.24) is 9.78 Å². The monoisotopic (exact) mass is 537 g/mol. The number of halogens is 5. The van der Waals surface area contributed by atoms with Gasteiger partial charge in [0.25, 0.3) is 5.56 Å². The molecule has 1 aliphatic heterocycles. The summed E-state index contributed by atoms with van der Waals surface area (Å²) in [4.78, 5) is 27.4. The normalized spacial score (nSPS) is 14.1. The number of benzene rings is 2. The van der Waals surface area contributed by atoms with Gasteiger partial charge in [-0.1, -0.05) is 12.1 Å². The van der Waals surface area contributed by atoms with E-state index in [0.29, 0.717) is 0 Å². The van der Waals surface area contributed by atoms with Crippen LogP contribution in [0.25, 0.3) is 22.2 Å². The Balaban J connectivity index is 1.49. The van der Waals surface area contributed by atoms with Gasteiger partial charge in [0.15, 0.2) is 17.1 Å². The number of furan rings is 1. The van der Waals surface area contributed by atoms with Crippen LogP contribution in [0.3, 0.4) is 0 Å². The van der Waals surface area contributed by atoms with E-state index in [1.165, 1.54) is 47.6 Å². The minimum atomic E-state index is -4.93. The van der Waals surface area contributed by atoms with Crippen molar-refractivity contribution in [2.75, 3.05) is 11.4 Å². The van der Waals surface area contributed by atoms with Gasteiger partial charge in [0, 0.05) is 23.9 Å². The lowest BCUT2D eigenvalue weighted by Crippen LogP contribution is -2.37. The van der Waals surface area contributed by atoms with Crippen molar-refractivity contribution >= 4 is 22.6 Å². The molecular weight excluding hydrogens is 521 g/mol. The number of anilines is 1. The highest BCUT2D eigenvalue weighted by molar-refractivity contribution is 5.94. The van der Waals surface area contributed by atoms with E-state index in [9.17, 15) is 31.5 Å². The van der Waals surface area contributed by atoms with Crippen LogP contribution in [0.15, 0.2) is 64.0 Å². The maximum Gasteiger partial charge on any atom is 0.586 e. The molecule has 0 N–H and O–H groups in total. The smallest absolute Gasteiger partial charge is 0.462 e. The molecule has 1 amide bonds. The highest BCUT2D eigenvalue weighted by atomic mass is 19.4. The van der Waals surface area contributed by atoms with E-state index in [1.807, 2.05) is 0 Å². The van der Waals surface area contributed by atoms with Gasteiger partial charge in [0.2, 0.25) is 5.91 Å². The number of aromatic nitrogens is 2. The van der Waals surface area contributed by atoms with Gasteiger partial charge in [-0.2, -0.15) is 5.10 Å². The lowest BCUT2D eigenvalue weighted by Gasteiger charge is -2.21. The molecule has 0 atom stereocenters. The first-order valence-corrected chi connectivity index (χ1v) is 11.0. The molecule has 198 valence electrons. The molecule has 9 nitrogen and oxygen atoms in total. The molecular formula is C24H16F5N3O6.